The maximum atomic E-state index is 12.6. The van der Waals surface area contributed by atoms with Gasteiger partial charge in [0.2, 0.25) is 0 Å². The van der Waals surface area contributed by atoms with E-state index in [2.05, 4.69) is 53.6 Å². The number of aliphatic hydroxyl groups excluding tert-OH is 1. The minimum atomic E-state index is -1.63. The predicted octanol–water partition coefficient (Wildman–Crippen LogP) is 4.55. The molecular formula is C25H44N4O2S. The van der Waals surface area contributed by atoms with Gasteiger partial charge in [0.15, 0.2) is 0 Å². The number of likely N-dealkylation sites (N-methyl/N-ethyl adjacent to an activating group) is 1. The summed E-state index contributed by atoms with van der Waals surface area (Å²) < 4.78 is 15.6. The van der Waals surface area contributed by atoms with Gasteiger partial charge in [-0.05, 0) is 57.5 Å². The zero-order valence-corrected chi connectivity index (χ0v) is 22.2. The van der Waals surface area contributed by atoms with Crippen LogP contribution in [0.1, 0.15) is 66.9 Å². The number of rotatable bonds is 7. The minimum Gasteiger partial charge on any atom is -0.396 e. The number of nitrogens with one attached hydrogen (secondary N) is 1. The number of hydrogen-bond donors (Lipinski definition) is 2. The second kappa shape index (κ2) is 16.0. The molecule has 2 N–H and O–H groups in total. The number of hydrogen-bond acceptors (Lipinski definition) is 5. The zero-order valence-electron chi connectivity index (χ0n) is 21.4. The summed E-state index contributed by atoms with van der Waals surface area (Å²) in [7, 11) is 0.501. The first-order valence-electron chi connectivity index (χ1n) is 11.6. The first-order valence-corrected chi connectivity index (χ1v) is 12.8. The smallest absolute Gasteiger partial charge is 0.136 e. The maximum absolute atomic E-state index is 12.6. The van der Waals surface area contributed by atoms with Crippen molar-refractivity contribution in [3.05, 3.63) is 34.7 Å². The van der Waals surface area contributed by atoms with Crippen LogP contribution in [0.15, 0.2) is 29.2 Å². The van der Waals surface area contributed by atoms with Crippen LogP contribution in [0.3, 0.4) is 0 Å². The van der Waals surface area contributed by atoms with Crippen LogP contribution in [0.2, 0.25) is 0 Å². The van der Waals surface area contributed by atoms with E-state index in [0.717, 1.165) is 31.7 Å². The number of piperazine rings is 1. The predicted molar refractivity (Wildman–Crippen MR) is 139 cm³/mol. The molecule has 1 aliphatic rings. The van der Waals surface area contributed by atoms with E-state index >= 15 is 0 Å². The van der Waals surface area contributed by atoms with Gasteiger partial charge in [0.1, 0.15) is 22.0 Å². The third-order valence-corrected chi connectivity index (χ3v) is 6.41. The quantitative estimate of drug-likeness (QED) is 0.579. The van der Waals surface area contributed by atoms with E-state index in [-0.39, 0.29) is 11.5 Å². The highest BCUT2D eigenvalue weighted by Gasteiger charge is 2.23. The Balaban J connectivity index is 0.00000177. The zero-order chi connectivity index (χ0) is 24.7. The van der Waals surface area contributed by atoms with Crippen molar-refractivity contribution in [2.45, 2.75) is 66.8 Å². The molecule has 0 radical (unpaired) electrons. The lowest BCUT2D eigenvalue weighted by molar-refractivity contribution is 0.247. The number of anilines is 1. The fourth-order valence-electron chi connectivity index (χ4n) is 3.01. The average molecular weight is 465 g/mol. The fraction of sp³-hybridized carbons (Fsp3) is 0.640. The van der Waals surface area contributed by atoms with E-state index in [0.29, 0.717) is 12.0 Å². The van der Waals surface area contributed by atoms with Crippen LogP contribution in [0.25, 0.3) is 5.57 Å². The number of nitriles is 1. The van der Waals surface area contributed by atoms with Crippen molar-refractivity contribution in [1.82, 2.24) is 9.62 Å². The number of aliphatic hydroxyl groups is 1. The van der Waals surface area contributed by atoms with Crippen molar-refractivity contribution in [2.75, 3.05) is 44.7 Å². The van der Waals surface area contributed by atoms with Gasteiger partial charge in [0.25, 0.3) is 0 Å². The molecule has 0 saturated carbocycles. The second-order valence-electron chi connectivity index (χ2n) is 8.34. The summed E-state index contributed by atoms with van der Waals surface area (Å²) in [5.41, 5.74) is 2.24. The molecule has 182 valence electrons. The summed E-state index contributed by atoms with van der Waals surface area (Å²) >= 11 is 0. The lowest BCUT2D eigenvalue weighted by Crippen LogP contribution is -2.44. The Bertz CT molecular complexity index is 746. The topological polar surface area (TPSA) is 79.6 Å². The lowest BCUT2D eigenvalue weighted by Gasteiger charge is -2.34. The van der Waals surface area contributed by atoms with Crippen molar-refractivity contribution in [1.29, 1.82) is 5.26 Å². The van der Waals surface area contributed by atoms with E-state index in [9.17, 15) is 9.47 Å². The van der Waals surface area contributed by atoms with Crippen molar-refractivity contribution >= 4 is 22.2 Å². The van der Waals surface area contributed by atoms with Gasteiger partial charge in [0.05, 0.1) is 0 Å². The lowest BCUT2D eigenvalue weighted by atomic mass is 10.0. The average Bonchev–Trinajstić information content (AvgIpc) is 2.76. The largest absolute Gasteiger partial charge is 0.396 e. The molecule has 1 aromatic carbocycles. The molecule has 1 fully saturated rings. The normalized spacial score (nSPS) is 15.9. The molecule has 2 rings (SSSR count). The number of allylic oxidation sites excluding steroid dienone is 2. The molecule has 0 aromatic heterocycles. The highest BCUT2D eigenvalue weighted by molar-refractivity contribution is 7.87. The molecule has 0 aliphatic carbocycles. The molecule has 32 heavy (non-hydrogen) atoms. The van der Waals surface area contributed by atoms with Crippen LogP contribution in [0.5, 0.6) is 0 Å². The molecule has 1 heterocycles. The Kier molecular flexibility index (Phi) is 15.1. The third kappa shape index (κ3) is 10.3. The van der Waals surface area contributed by atoms with E-state index in [1.165, 1.54) is 12.1 Å². The Morgan fingerprint density at radius 2 is 1.66 bits per heavy atom. The molecule has 1 aromatic rings. The van der Waals surface area contributed by atoms with E-state index in [4.69, 9.17) is 5.11 Å². The van der Waals surface area contributed by atoms with Crippen LogP contribution in [-0.2, 0) is 11.0 Å². The molecule has 1 atom stereocenters. The Morgan fingerprint density at radius 1 is 1.16 bits per heavy atom. The van der Waals surface area contributed by atoms with Crippen molar-refractivity contribution in [3.8, 4) is 6.07 Å². The van der Waals surface area contributed by atoms with Crippen molar-refractivity contribution in [2.24, 2.45) is 0 Å². The fourth-order valence-corrected chi connectivity index (χ4v) is 4.20. The standard InChI is InChI=1S/C20H30N4O2S.C3H8.C2H6/c1-16(19(15-21)27(26)22-20(2,3)9-14-25)17-5-7-18(8-6-17)24-12-10-23(4)11-13-24;1-3-2;1-2/h5-8,22,25H,9-14H2,1-4H3;3H2,1-2H3;1-2H3/b19-16+;;. The molecule has 0 amide bonds. The molecule has 6 nitrogen and oxygen atoms in total. The highest BCUT2D eigenvalue weighted by Crippen LogP contribution is 2.24. The van der Waals surface area contributed by atoms with Crippen LogP contribution in [0.4, 0.5) is 5.69 Å². The van der Waals surface area contributed by atoms with Crippen LogP contribution in [-0.4, -0.2) is 59.6 Å². The van der Waals surface area contributed by atoms with Gasteiger partial charge in [0, 0.05) is 44.0 Å². The summed E-state index contributed by atoms with van der Waals surface area (Å²) in [5, 5.41) is 18.7. The Morgan fingerprint density at radius 3 is 2.09 bits per heavy atom. The maximum Gasteiger partial charge on any atom is 0.136 e. The van der Waals surface area contributed by atoms with Crippen molar-refractivity contribution < 1.29 is 9.32 Å². The van der Waals surface area contributed by atoms with Gasteiger partial charge < -0.3 is 14.9 Å². The summed E-state index contributed by atoms with van der Waals surface area (Å²) in [6.45, 7) is 17.9. The van der Waals surface area contributed by atoms with Gasteiger partial charge in [-0.15, -0.1) is 0 Å². The van der Waals surface area contributed by atoms with E-state index in [1.54, 1.807) is 0 Å². The van der Waals surface area contributed by atoms with E-state index < -0.39 is 16.5 Å². The van der Waals surface area contributed by atoms with Gasteiger partial charge >= 0.3 is 0 Å². The second-order valence-corrected chi connectivity index (χ2v) is 9.49. The number of benzene rings is 1. The molecule has 1 unspecified atom stereocenters. The molecule has 1 aliphatic heterocycles. The Hall–Kier alpha value is -1.72. The highest BCUT2D eigenvalue weighted by atomic mass is 32.2. The summed E-state index contributed by atoms with van der Waals surface area (Å²) in [6.07, 6.45) is 1.70. The van der Waals surface area contributed by atoms with Crippen LogP contribution < -0.4 is 9.62 Å². The van der Waals surface area contributed by atoms with Crippen molar-refractivity contribution in [3.63, 3.8) is 0 Å². The van der Waals surface area contributed by atoms with Crippen LogP contribution in [0, 0.1) is 11.3 Å². The van der Waals surface area contributed by atoms with Gasteiger partial charge in [-0.25, -0.2) is 8.93 Å². The molecule has 1 saturated heterocycles. The Labute approximate surface area is 198 Å². The summed E-state index contributed by atoms with van der Waals surface area (Å²) in [4.78, 5) is 4.89. The SMILES string of the molecule is C/C(=C(/C#N)S(=O)NC(C)(C)CCO)c1ccc(N2CCN(C)CC2)cc1.CC.CCC. The monoisotopic (exact) mass is 464 g/mol. The first-order chi connectivity index (χ1) is 15.2. The molecule has 7 heteroatoms. The molecule has 0 spiro atoms. The minimum absolute atomic E-state index is 0.00443. The van der Waals surface area contributed by atoms with Gasteiger partial charge in [-0.3, -0.25) is 0 Å². The van der Waals surface area contributed by atoms with Gasteiger partial charge in [-0.2, -0.15) is 5.26 Å². The molecule has 0 bridgehead atoms. The summed E-state index contributed by atoms with van der Waals surface area (Å²) in [6, 6.07) is 10.2. The summed E-state index contributed by atoms with van der Waals surface area (Å²) in [5.74, 6) is 0. The van der Waals surface area contributed by atoms with Gasteiger partial charge in [-0.1, -0.05) is 46.2 Å². The third-order valence-electron chi connectivity index (χ3n) is 4.90. The van der Waals surface area contributed by atoms with Crippen LogP contribution >= 0.6 is 0 Å². The first kappa shape index (κ1) is 30.3. The molecular weight excluding hydrogens is 420 g/mol. The number of nitrogens with zero attached hydrogens (tertiary/aromatic N) is 3. The van der Waals surface area contributed by atoms with E-state index in [1.807, 2.05) is 46.8 Å².